The lowest BCUT2D eigenvalue weighted by molar-refractivity contribution is -0.135. The predicted molar refractivity (Wildman–Crippen MR) is 108 cm³/mol. The van der Waals surface area contributed by atoms with Gasteiger partial charge >= 0.3 is 6.18 Å². The van der Waals surface area contributed by atoms with E-state index in [2.05, 4.69) is 24.3 Å². The molecule has 0 amide bonds. The van der Waals surface area contributed by atoms with Crippen molar-refractivity contribution in [1.82, 2.24) is 0 Å². The predicted octanol–water partition coefficient (Wildman–Crippen LogP) is 7.07. The van der Waals surface area contributed by atoms with Gasteiger partial charge in [-0.1, -0.05) is 56.4 Å². The van der Waals surface area contributed by atoms with Crippen molar-refractivity contribution in [3.05, 3.63) is 59.7 Å². The van der Waals surface area contributed by atoms with Crippen LogP contribution in [0.4, 0.5) is 18.9 Å². The SMILES string of the molecule is Nc1ccc(OCc2ccc(CCCCCCCCCC(F)(F)F)cc2)cc1. The molecule has 0 fully saturated rings. The fraction of sp³-hybridized carbons (Fsp3) is 0.478. The number of anilines is 1. The van der Waals surface area contributed by atoms with Gasteiger partial charge < -0.3 is 10.5 Å². The maximum Gasteiger partial charge on any atom is 0.389 e. The molecule has 2 aromatic rings. The number of alkyl halides is 3. The van der Waals surface area contributed by atoms with E-state index in [9.17, 15) is 13.2 Å². The summed E-state index contributed by atoms with van der Waals surface area (Å²) in [5.74, 6) is 0.802. The molecule has 0 saturated heterocycles. The number of hydrogen-bond donors (Lipinski definition) is 1. The molecule has 2 nitrogen and oxygen atoms in total. The van der Waals surface area contributed by atoms with Crippen LogP contribution in [0.25, 0.3) is 0 Å². The van der Waals surface area contributed by atoms with Gasteiger partial charge in [0, 0.05) is 12.1 Å². The quantitative estimate of drug-likeness (QED) is 0.309. The van der Waals surface area contributed by atoms with Gasteiger partial charge in [0.25, 0.3) is 0 Å². The van der Waals surface area contributed by atoms with Crippen LogP contribution in [0.5, 0.6) is 5.75 Å². The van der Waals surface area contributed by atoms with E-state index in [0.29, 0.717) is 13.0 Å². The molecule has 5 heteroatoms. The third-order valence-corrected chi connectivity index (χ3v) is 4.73. The molecule has 0 atom stereocenters. The lowest BCUT2D eigenvalue weighted by atomic mass is 10.0. The molecule has 28 heavy (non-hydrogen) atoms. The van der Waals surface area contributed by atoms with Gasteiger partial charge in [-0.25, -0.2) is 0 Å². The number of halogens is 3. The summed E-state index contributed by atoms with van der Waals surface area (Å²) in [4.78, 5) is 0. The molecule has 0 aromatic heterocycles. The minimum atomic E-state index is -4.00. The molecule has 0 saturated carbocycles. The first-order chi connectivity index (χ1) is 13.4. The van der Waals surface area contributed by atoms with Gasteiger partial charge in [-0.3, -0.25) is 0 Å². The van der Waals surface area contributed by atoms with Gasteiger partial charge in [0.15, 0.2) is 0 Å². The summed E-state index contributed by atoms with van der Waals surface area (Å²) < 4.78 is 41.9. The molecule has 0 aliphatic heterocycles. The molecule has 0 spiro atoms. The molecule has 0 aliphatic carbocycles. The van der Waals surface area contributed by atoms with Crippen LogP contribution in [0.15, 0.2) is 48.5 Å². The molecule has 0 aliphatic rings. The standard InChI is InChI=1S/C23H30F3NO/c24-23(25,26)17-7-5-3-1-2-4-6-8-19-9-11-20(12-10-19)18-28-22-15-13-21(27)14-16-22/h9-16H,1-8,17-18,27H2. The summed E-state index contributed by atoms with van der Waals surface area (Å²) in [5, 5.41) is 0. The van der Waals surface area contributed by atoms with E-state index in [1.54, 1.807) is 0 Å². The zero-order chi connectivity index (χ0) is 20.2. The number of rotatable bonds is 12. The normalized spacial score (nSPS) is 11.5. The highest BCUT2D eigenvalue weighted by Gasteiger charge is 2.25. The Kier molecular flexibility index (Phi) is 9.18. The van der Waals surface area contributed by atoms with E-state index in [1.807, 2.05) is 24.3 Å². The third kappa shape index (κ3) is 9.67. The second-order valence-corrected chi connectivity index (χ2v) is 7.26. The van der Waals surface area contributed by atoms with Crippen molar-refractivity contribution < 1.29 is 17.9 Å². The van der Waals surface area contributed by atoms with Gasteiger partial charge in [0.2, 0.25) is 0 Å². The Morgan fingerprint density at radius 2 is 1.21 bits per heavy atom. The van der Waals surface area contributed by atoms with Crippen LogP contribution < -0.4 is 10.5 Å². The van der Waals surface area contributed by atoms with Gasteiger partial charge in [-0.05, 0) is 54.7 Å². The average Bonchev–Trinajstić information content (AvgIpc) is 2.66. The highest BCUT2D eigenvalue weighted by Crippen LogP contribution is 2.23. The van der Waals surface area contributed by atoms with E-state index in [1.165, 1.54) is 5.56 Å². The van der Waals surface area contributed by atoms with Crippen LogP contribution in [-0.4, -0.2) is 6.18 Å². The van der Waals surface area contributed by atoms with Crippen LogP contribution in [0.3, 0.4) is 0 Å². The summed E-state index contributed by atoms with van der Waals surface area (Å²) in [6.07, 6.45) is 2.60. The van der Waals surface area contributed by atoms with Gasteiger partial charge in [-0.2, -0.15) is 13.2 Å². The maximum absolute atomic E-state index is 12.0. The first-order valence-corrected chi connectivity index (χ1v) is 10.1. The lowest BCUT2D eigenvalue weighted by Crippen LogP contribution is -2.06. The molecule has 154 valence electrons. The molecule has 2 rings (SSSR count). The third-order valence-electron chi connectivity index (χ3n) is 4.73. The number of benzene rings is 2. The maximum atomic E-state index is 12.0. The Bertz CT molecular complexity index is 666. The Labute approximate surface area is 165 Å². The van der Waals surface area contributed by atoms with Crippen LogP contribution in [0.1, 0.15) is 62.5 Å². The fourth-order valence-electron chi connectivity index (χ4n) is 3.07. The molecule has 2 aromatic carbocycles. The Balaban J connectivity index is 1.53. The van der Waals surface area contributed by atoms with Crippen molar-refractivity contribution in [2.75, 3.05) is 5.73 Å². The first kappa shape index (κ1) is 22.1. The van der Waals surface area contributed by atoms with E-state index < -0.39 is 12.6 Å². The topological polar surface area (TPSA) is 35.2 Å². The highest BCUT2D eigenvalue weighted by atomic mass is 19.4. The van der Waals surface area contributed by atoms with E-state index in [-0.39, 0.29) is 6.42 Å². The minimum absolute atomic E-state index is 0.262. The zero-order valence-corrected chi connectivity index (χ0v) is 16.3. The molecular weight excluding hydrogens is 363 g/mol. The van der Waals surface area contributed by atoms with Crippen molar-refractivity contribution >= 4 is 5.69 Å². The summed E-state index contributed by atoms with van der Waals surface area (Å²) >= 11 is 0. The Hall–Kier alpha value is -2.17. The van der Waals surface area contributed by atoms with Crippen LogP contribution in [0.2, 0.25) is 0 Å². The number of nitrogens with two attached hydrogens (primary N) is 1. The molecule has 0 heterocycles. The number of unbranched alkanes of at least 4 members (excludes halogenated alkanes) is 6. The second kappa shape index (κ2) is 11.6. The van der Waals surface area contributed by atoms with Crippen LogP contribution >= 0.6 is 0 Å². The van der Waals surface area contributed by atoms with Crippen molar-refractivity contribution in [1.29, 1.82) is 0 Å². The van der Waals surface area contributed by atoms with E-state index in [4.69, 9.17) is 10.5 Å². The number of hydrogen-bond acceptors (Lipinski definition) is 2. The minimum Gasteiger partial charge on any atom is -0.489 e. The summed E-state index contributed by atoms with van der Waals surface area (Å²) in [6.45, 7) is 0.526. The van der Waals surface area contributed by atoms with Crippen molar-refractivity contribution in [3.63, 3.8) is 0 Å². The number of nitrogen functional groups attached to an aromatic ring is 1. The summed E-state index contributed by atoms with van der Waals surface area (Å²) in [5.41, 5.74) is 8.81. The Morgan fingerprint density at radius 3 is 1.82 bits per heavy atom. The van der Waals surface area contributed by atoms with Gasteiger partial charge in [0.1, 0.15) is 12.4 Å². The molecule has 0 unspecified atom stereocenters. The number of aryl methyl sites for hydroxylation is 1. The molecule has 0 radical (unpaired) electrons. The first-order valence-electron chi connectivity index (χ1n) is 10.1. The summed E-state index contributed by atoms with van der Waals surface area (Å²) in [7, 11) is 0. The van der Waals surface area contributed by atoms with Gasteiger partial charge in [0.05, 0.1) is 0 Å². The largest absolute Gasteiger partial charge is 0.489 e. The molecule has 2 N–H and O–H groups in total. The van der Waals surface area contributed by atoms with E-state index in [0.717, 1.165) is 55.5 Å². The van der Waals surface area contributed by atoms with Gasteiger partial charge in [-0.15, -0.1) is 0 Å². The Morgan fingerprint density at radius 1 is 0.679 bits per heavy atom. The van der Waals surface area contributed by atoms with Crippen molar-refractivity contribution in [3.8, 4) is 5.75 Å². The van der Waals surface area contributed by atoms with E-state index >= 15 is 0 Å². The fourth-order valence-corrected chi connectivity index (χ4v) is 3.07. The van der Waals surface area contributed by atoms with Crippen molar-refractivity contribution in [2.24, 2.45) is 0 Å². The smallest absolute Gasteiger partial charge is 0.389 e. The van der Waals surface area contributed by atoms with Crippen LogP contribution in [-0.2, 0) is 13.0 Å². The molecule has 0 bridgehead atoms. The monoisotopic (exact) mass is 393 g/mol. The lowest BCUT2D eigenvalue weighted by Gasteiger charge is -2.08. The highest BCUT2D eigenvalue weighted by molar-refractivity contribution is 5.41. The molecular formula is C23H30F3NO. The second-order valence-electron chi connectivity index (χ2n) is 7.26. The van der Waals surface area contributed by atoms with Crippen molar-refractivity contribution in [2.45, 2.75) is 70.6 Å². The zero-order valence-electron chi connectivity index (χ0n) is 16.3. The average molecular weight is 393 g/mol. The number of ether oxygens (including phenoxy) is 1. The summed E-state index contributed by atoms with van der Waals surface area (Å²) in [6, 6.07) is 15.8. The van der Waals surface area contributed by atoms with Crippen LogP contribution in [0, 0.1) is 0 Å².